The van der Waals surface area contributed by atoms with Crippen molar-refractivity contribution in [3.8, 4) is 63.0 Å². The second kappa shape index (κ2) is 31.0. The van der Waals surface area contributed by atoms with Gasteiger partial charge < -0.3 is 49.5 Å². The first-order valence-corrected chi connectivity index (χ1v) is 30.2. The zero-order chi connectivity index (χ0) is 65.5. The van der Waals surface area contributed by atoms with Crippen molar-refractivity contribution < 1.29 is 33.8 Å². The van der Waals surface area contributed by atoms with Crippen LogP contribution in [-0.2, 0) is 43.1 Å². The van der Waals surface area contributed by atoms with Crippen LogP contribution in [0.4, 0.5) is 17.1 Å². The van der Waals surface area contributed by atoms with Crippen molar-refractivity contribution in [2.75, 3.05) is 56.9 Å². The Morgan fingerprint density at radius 3 is 1.21 bits per heavy atom. The minimum atomic E-state index is -0.856. The first-order chi connectivity index (χ1) is 43.0. The number of benzene rings is 6. The van der Waals surface area contributed by atoms with E-state index in [1.807, 2.05) is 179 Å². The topological polar surface area (TPSA) is 228 Å². The van der Waals surface area contributed by atoms with Crippen LogP contribution < -0.4 is 21.3 Å². The van der Waals surface area contributed by atoms with Crippen molar-refractivity contribution in [2.45, 2.75) is 73.1 Å². The smallest absolute Gasteiger partial charge is 0.306 e. The summed E-state index contributed by atoms with van der Waals surface area (Å²) >= 11 is 18.6. The van der Waals surface area contributed by atoms with Gasteiger partial charge in [-0.1, -0.05) is 34.8 Å². The van der Waals surface area contributed by atoms with Gasteiger partial charge in [-0.2, -0.15) is 10.5 Å². The van der Waals surface area contributed by atoms with Gasteiger partial charge in [0.25, 0.3) is 0 Å². The molecule has 0 aliphatic heterocycles. The van der Waals surface area contributed by atoms with Gasteiger partial charge in [-0.3, -0.25) is 19.2 Å². The standard InChI is InChI=1S/C25H26ClN3O2.C23H24ClN3O3.C23H22ClN3O2/c1-5-31-25(30)13-9-20-8-12-23(21-10-7-19(26)15-24(21)28(3)4)29(20)22-11-6-18(16-27)14-17(22)2;1-14-12-15(23(25)30)4-9-19(14)27-17(7-11-22(28)29)6-10-20(27)18-8-5-16(24)13-21(18)26(2)3;1-3-29-23(28)11-7-18-6-10-22(19-8-5-17(24)13-20(19)26)27(18)21-9-4-16(14-25)12-15(21)2/h6-8,10-12,14-15H,5,9,13H2,1-4H3;4-6,8-10,12-13H,7,11H2,1-3H3,(H2,25,30)(H,28,29);4-6,8-10,12-13H,3,7,11,26H2,1-2H3. The lowest BCUT2D eigenvalue weighted by atomic mass is 10.1. The van der Waals surface area contributed by atoms with Gasteiger partial charge in [0.05, 0.1) is 72.8 Å². The van der Waals surface area contributed by atoms with Gasteiger partial charge in [0.15, 0.2) is 0 Å². The first kappa shape index (κ1) is 67.8. The maximum atomic E-state index is 12.0. The van der Waals surface area contributed by atoms with Crippen LogP contribution >= 0.6 is 34.8 Å². The van der Waals surface area contributed by atoms with E-state index in [0.717, 1.165) is 96.0 Å². The molecule has 0 atom stereocenters. The summed E-state index contributed by atoms with van der Waals surface area (Å²) in [6.45, 7) is 10.2. The number of carbonyl (C=O) groups is 4. The average molecular weight is 1270 g/mol. The molecule has 0 bridgehead atoms. The fourth-order valence-corrected chi connectivity index (χ4v) is 11.1. The SMILES string of the molecule is CCOC(=O)CCc1ccc(-c2ccc(Cl)cc2N(C)C)n1-c1ccc(C#N)cc1C.CCOC(=O)CCc1ccc(-c2ccc(Cl)cc2N)n1-c1ccc(C#N)cc1C.Cc1cc(C(N)=O)ccc1-n1c(CCC(=O)O)ccc1-c1ccc(Cl)cc1N(C)C. The average Bonchev–Trinajstić information content (AvgIpc) is 1.59. The van der Waals surface area contributed by atoms with E-state index >= 15 is 0 Å². The number of carboxylic acid groups (broad SMARTS) is 1. The van der Waals surface area contributed by atoms with Crippen LogP contribution in [0.1, 0.15) is 88.4 Å². The van der Waals surface area contributed by atoms with Crippen LogP contribution in [0, 0.1) is 43.4 Å². The van der Waals surface area contributed by atoms with E-state index in [9.17, 15) is 34.8 Å². The largest absolute Gasteiger partial charge is 0.481 e. The van der Waals surface area contributed by atoms with Gasteiger partial charge in [-0.05, 0) is 216 Å². The number of nitrogens with two attached hydrogens (primary N) is 2. The van der Waals surface area contributed by atoms with E-state index in [2.05, 4.69) is 27.3 Å². The summed E-state index contributed by atoms with van der Waals surface area (Å²) in [5, 5.41) is 29.5. The van der Waals surface area contributed by atoms with E-state index in [-0.39, 0.29) is 24.8 Å². The maximum Gasteiger partial charge on any atom is 0.306 e. The van der Waals surface area contributed by atoms with Crippen molar-refractivity contribution in [3.05, 3.63) is 211 Å². The van der Waals surface area contributed by atoms with Gasteiger partial charge in [-0.15, -0.1) is 0 Å². The quantitative estimate of drug-likeness (QED) is 0.0478. The molecule has 6 aromatic carbocycles. The summed E-state index contributed by atoms with van der Waals surface area (Å²) < 4.78 is 16.5. The Morgan fingerprint density at radius 2 is 0.867 bits per heavy atom. The summed E-state index contributed by atoms with van der Waals surface area (Å²) in [5.41, 5.74) is 29.8. The third-order valence-corrected chi connectivity index (χ3v) is 15.5. The Labute approximate surface area is 540 Å². The molecule has 3 aromatic heterocycles. The number of nitriles is 2. The molecule has 0 unspecified atom stereocenters. The van der Waals surface area contributed by atoms with Crippen molar-refractivity contribution in [1.29, 1.82) is 10.5 Å². The van der Waals surface area contributed by atoms with Gasteiger partial charge >= 0.3 is 17.9 Å². The van der Waals surface area contributed by atoms with Crippen molar-refractivity contribution in [1.82, 2.24) is 13.7 Å². The summed E-state index contributed by atoms with van der Waals surface area (Å²) in [5.74, 6) is -1.79. The Bertz CT molecular complexity index is 4200. The number of aliphatic carboxylic acids is 1. The summed E-state index contributed by atoms with van der Waals surface area (Å²) in [6.07, 6.45) is 2.03. The summed E-state index contributed by atoms with van der Waals surface area (Å²) in [7, 11) is 7.86. The van der Waals surface area contributed by atoms with Gasteiger partial charge in [0.1, 0.15) is 0 Å². The van der Waals surface area contributed by atoms with Crippen LogP contribution in [-0.4, -0.2) is 84.0 Å². The number of ether oxygens (including phenoxy) is 2. The molecule has 464 valence electrons. The number of carbonyl (C=O) groups excluding carboxylic acids is 3. The van der Waals surface area contributed by atoms with Crippen LogP contribution in [0.5, 0.6) is 0 Å². The number of nitrogen functional groups attached to an aromatic ring is 1. The second-order valence-corrected chi connectivity index (χ2v) is 22.9. The number of anilines is 3. The van der Waals surface area contributed by atoms with Crippen molar-refractivity contribution in [3.63, 3.8) is 0 Å². The number of rotatable bonds is 20. The molecule has 5 N–H and O–H groups in total. The molecule has 0 fully saturated rings. The lowest BCUT2D eigenvalue weighted by Gasteiger charge is -2.21. The van der Waals surface area contributed by atoms with E-state index < -0.39 is 11.9 Å². The molecule has 19 heteroatoms. The minimum Gasteiger partial charge on any atom is -0.481 e. The Morgan fingerprint density at radius 1 is 0.500 bits per heavy atom. The number of nitrogens with zero attached hydrogens (tertiary/aromatic N) is 7. The number of esters is 2. The molecule has 9 rings (SSSR count). The maximum absolute atomic E-state index is 12.0. The zero-order valence-corrected chi connectivity index (χ0v) is 54.1. The predicted molar refractivity (Wildman–Crippen MR) is 360 cm³/mol. The monoisotopic (exact) mass is 1270 g/mol. The molecule has 0 aliphatic rings. The van der Waals surface area contributed by atoms with Crippen LogP contribution in [0.2, 0.25) is 15.1 Å². The van der Waals surface area contributed by atoms with E-state index in [4.69, 9.17) is 55.7 Å². The van der Waals surface area contributed by atoms with Gasteiger partial charge in [0.2, 0.25) is 5.91 Å². The molecule has 3 heterocycles. The fourth-order valence-electron chi connectivity index (χ4n) is 10.6. The third kappa shape index (κ3) is 16.5. The molecular formula is C71H72Cl3N9O7. The highest BCUT2D eigenvalue weighted by Crippen LogP contribution is 2.39. The molecule has 9 aromatic rings. The van der Waals surface area contributed by atoms with E-state index in [1.54, 1.807) is 37.3 Å². The Kier molecular flexibility index (Phi) is 23.3. The molecule has 1 amide bonds. The number of carboxylic acids is 1. The molecular weight excluding hydrogens is 1200 g/mol. The van der Waals surface area contributed by atoms with E-state index in [0.29, 0.717) is 76.3 Å². The molecule has 0 aliphatic carbocycles. The first-order valence-electron chi connectivity index (χ1n) is 29.1. The lowest BCUT2D eigenvalue weighted by Crippen LogP contribution is -2.13. The van der Waals surface area contributed by atoms with E-state index in [1.165, 1.54) is 0 Å². The fraction of sp³-hybridized carbons (Fsp3) is 0.239. The minimum absolute atomic E-state index is 0.0169. The van der Waals surface area contributed by atoms with Crippen LogP contribution in [0.25, 0.3) is 50.8 Å². The number of amides is 1. The Hall–Kier alpha value is -9.71. The molecule has 0 spiro atoms. The van der Waals surface area contributed by atoms with Gasteiger partial charge in [0, 0.05) is 117 Å². The number of hydrogen-bond donors (Lipinski definition) is 3. The number of halogens is 3. The summed E-state index contributed by atoms with van der Waals surface area (Å²) in [4.78, 5) is 50.6. The van der Waals surface area contributed by atoms with Crippen molar-refractivity contribution in [2.24, 2.45) is 5.73 Å². The molecule has 90 heavy (non-hydrogen) atoms. The molecule has 0 saturated carbocycles. The highest BCUT2D eigenvalue weighted by Gasteiger charge is 2.22. The van der Waals surface area contributed by atoms with Crippen LogP contribution in [0.15, 0.2) is 146 Å². The molecule has 0 saturated heterocycles. The number of aromatic nitrogens is 3. The van der Waals surface area contributed by atoms with Crippen LogP contribution in [0.3, 0.4) is 0 Å². The predicted octanol–water partition coefficient (Wildman–Crippen LogP) is 14.9. The Balaban J connectivity index is 0.000000192. The van der Waals surface area contributed by atoms with Crippen molar-refractivity contribution >= 4 is 75.7 Å². The third-order valence-electron chi connectivity index (χ3n) is 14.8. The number of primary amides is 1. The number of aryl methyl sites for hydroxylation is 6. The zero-order valence-electron chi connectivity index (χ0n) is 51.8. The number of hydrogen-bond acceptors (Lipinski definition) is 11. The normalized spacial score (nSPS) is 10.6. The van der Waals surface area contributed by atoms with Gasteiger partial charge in [-0.25, -0.2) is 0 Å². The second-order valence-electron chi connectivity index (χ2n) is 21.6. The highest BCUT2D eigenvalue weighted by molar-refractivity contribution is 6.31. The molecule has 16 nitrogen and oxygen atoms in total. The highest BCUT2D eigenvalue weighted by atomic mass is 35.5. The molecule has 0 radical (unpaired) electrons. The lowest BCUT2D eigenvalue weighted by molar-refractivity contribution is -0.144. The summed E-state index contributed by atoms with van der Waals surface area (Å²) in [6, 6.07) is 49.8.